The second kappa shape index (κ2) is 13.5. The van der Waals surface area contributed by atoms with E-state index in [4.69, 9.17) is 4.74 Å². The lowest BCUT2D eigenvalue weighted by Crippen LogP contribution is -2.41. The molecule has 0 aliphatic heterocycles. The van der Waals surface area contributed by atoms with Crippen molar-refractivity contribution in [3.8, 4) is 5.75 Å². The van der Waals surface area contributed by atoms with Crippen molar-refractivity contribution in [2.75, 3.05) is 13.2 Å². The van der Waals surface area contributed by atoms with Crippen molar-refractivity contribution in [1.29, 1.82) is 0 Å². The fourth-order valence-electron chi connectivity index (χ4n) is 4.43. The normalized spacial score (nSPS) is 12.7. The lowest BCUT2D eigenvalue weighted by molar-refractivity contribution is -0.386. The first-order valence-electron chi connectivity index (χ1n) is 12.6. The molecule has 7 nitrogen and oxygen atoms in total. The highest BCUT2D eigenvalue weighted by atomic mass is 16.6. The maximum atomic E-state index is 11.8. The van der Waals surface area contributed by atoms with E-state index in [2.05, 4.69) is 0 Å². The number of benzene rings is 4. The molecule has 0 radical (unpaired) electrons. The van der Waals surface area contributed by atoms with Crippen molar-refractivity contribution in [3.63, 3.8) is 0 Å². The van der Waals surface area contributed by atoms with Crippen molar-refractivity contribution >= 4 is 5.69 Å². The highest BCUT2D eigenvalue weighted by Gasteiger charge is 2.25. The summed E-state index contributed by atoms with van der Waals surface area (Å²) in [6, 6.07) is 33.5. The topological polar surface area (TPSA) is 96.1 Å². The Hall–Kier alpha value is -4.04. The van der Waals surface area contributed by atoms with Crippen LogP contribution in [0.15, 0.2) is 109 Å². The van der Waals surface area contributed by atoms with Crippen molar-refractivity contribution in [2.24, 2.45) is 0 Å². The molecule has 0 aliphatic carbocycles. The molecule has 2 atom stereocenters. The quantitative estimate of drug-likeness (QED) is 0.186. The summed E-state index contributed by atoms with van der Waals surface area (Å²) in [6.45, 7) is 0.803. The standard InChI is InChI=1S/C31H32N2O5/c34-22-28(18-24-10-4-1-5-11-24)32(20-25-12-6-2-7-13-25)21-30(35)27-16-17-31(29(19-27)33(36)37)38-23-26-14-8-3-9-15-26/h1-17,19,28,30,34-35H,18,20-23H2/t28-,30-/m0/s1. The molecule has 0 fully saturated rings. The van der Waals surface area contributed by atoms with Gasteiger partial charge < -0.3 is 14.9 Å². The molecule has 2 N–H and O–H groups in total. The van der Waals surface area contributed by atoms with Gasteiger partial charge in [0.25, 0.3) is 0 Å². The third kappa shape index (κ3) is 7.49. The van der Waals surface area contributed by atoms with Crippen molar-refractivity contribution in [3.05, 3.63) is 142 Å². The molecule has 0 heterocycles. The molecular formula is C31H32N2O5. The van der Waals surface area contributed by atoms with E-state index in [1.54, 1.807) is 6.07 Å². The molecule has 196 valence electrons. The van der Waals surface area contributed by atoms with Crippen LogP contribution in [0, 0.1) is 10.1 Å². The number of aliphatic hydroxyl groups is 2. The smallest absolute Gasteiger partial charge is 0.311 e. The van der Waals surface area contributed by atoms with Crippen molar-refractivity contribution < 1.29 is 19.9 Å². The first-order valence-corrected chi connectivity index (χ1v) is 12.6. The van der Waals surface area contributed by atoms with Crippen LogP contribution >= 0.6 is 0 Å². The van der Waals surface area contributed by atoms with Crippen LogP contribution in [-0.2, 0) is 19.6 Å². The molecule has 38 heavy (non-hydrogen) atoms. The number of aliphatic hydroxyl groups excluding tert-OH is 2. The van der Waals surface area contributed by atoms with Crippen LogP contribution in [0.2, 0.25) is 0 Å². The van der Waals surface area contributed by atoms with Gasteiger partial charge in [-0.2, -0.15) is 0 Å². The fourth-order valence-corrected chi connectivity index (χ4v) is 4.43. The lowest BCUT2D eigenvalue weighted by Gasteiger charge is -2.32. The van der Waals surface area contributed by atoms with E-state index in [0.29, 0.717) is 18.5 Å². The van der Waals surface area contributed by atoms with Gasteiger partial charge in [0.2, 0.25) is 0 Å². The Morgan fingerprint density at radius 1 is 0.816 bits per heavy atom. The van der Waals surface area contributed by atoms with Crippen LogP contribution in [0.4, 0.5) is 5.69 Å². The maximum Gasteiger partial charge on any atom is 0.311 e. The number of hydrogen-bond donors (Lipinski definition) is 2. The van der Waals surface area contributed by atoms with E-state index >= 15 is 0 Å². The van der Waals surface area contributed by atoms with Gasteiger partial charge in [0, 0.05) is 25.2 Å². The molecule has 0 amide bonds. The van der Waals surface area contributed by atoms with Gasteiger partial charge in [-0.15, -0.1) is 0 Å². The van der Waals surface area contributed by atoms with E-state index in [-0.39, 0.29) is 37.2 Å². The van der Waals surface area contributed by atoms with Gasteiger partial charge in [0.15, 0.2) is 5.75 Å². The second-order valence-electron chi connectivity index (χ2n) is 9.22. The number of rotatable bonds is 13. The third-order valence-corrected chi connectivity index (χ3v) is 6.48. The predicted octanol–water partition coefficient (Wildman–Crippen LogP) is 5.31. The van der Waals surface area contributed by atoms with Crippen LogP contribution in [0.1, 0.15) is 28.4 Å². The van der Waals surface area contributed by atoms with Gasteiger partial charge in [0.1, 0.15) is 6.61 Å². The molecule has 0 saturated heterocycles. The Balaban J connectivity index is 1.54. The summed E-state index contributed by atoms with van der Waals surface area (Å²) in [5.41, 5.74) is 3.24. The van der Waals surface area contributed by atoms with Crippen LogP contribution in [0.25, 0.3) is 0 Å². The van der Waals surface area contributed by atoms with E-state index in [1.165, 1.54) is 12.1 Å². The van der Waals surface area contributed by atoms with Gasteiger partial charge in [-0.3, -0.25) is 15.0 Å². The SMILES string of the molecule is O=[N+]([O-])c1cc([C@@H](O)CN(Cc2ccccc2)[C@H](CO)Cc2ccccc2)ccc1OCc1ccccc1. The third-order valence-electron chi connectivity index (χ3n) is 6.48. The van der Waals surface area contributed by atoms with Gasteiger partial charge >= 0.3 is 5.69 Å². The van der Waals surface area contributed by atoms with Gasteiger partial charge in [0.05, 0.1) is 17.6 Å². The van der Waals surface area contributed by atoms with Crippen LogP contribution in [0.3, 0.4) is 0 Å². The lowest BCUT2D eigenvalue weighted by atomic mass is 10.0. The summed E-state index contributed by atoms with van der Waals surface area (Å²) >= 11 is 0. The Morgan fingerprint density at radius 3 is 1.97 bits per heavy atom. The molecule has 4 rings (SSSR count). The average molecular weight is 513 g/mol. The number of ether oxygens (including phenoxy) is 1. The fraction of sp³-hybridized carbons (Fsp3) is 0.226. The Morgan fingerprint density at radius 2 is 1.39 bits per heavy atom. The molecular weight excluding hydrogens is 480 g/mol. The Bertz CT molecular complexity index is 1290. The van der Waals surface area contributed by atoms with Crippen molar-refractivity contribution in [1.82, 2.24) is 4.90 Å². The molecule has 0 aliphatic rings. The van der Waals surface area contributed by atoms with E-state index in [0.717, 1.165) is 16.7 Å². The van der Waals surface area contributed by atoms with Crippen LogP contribution in [0.5, 0.6) is 5.75 Å². The summed E-state index contributed by atoms with van der Waals surface area (Å²) in [7, 11) is 0. The highest BCUT2D eigenvalue weighted by molar-refractivity contribution is 5.49. The first kappa shape index (κ1) is 27.0. The summed E-state index contributed by atoms with van der Waals surface area (Å²) in [6.07, 6.45) is -0.408. The molecule has 0 unspecified atom stereocenters. The number of nitro groups is 1. The number of nitrogens with zero attached hydrogens (tertiary/aromatic N) is 2. The van der Waals surface area contributed by atoms with E-state index in [1.807, 2.05) is 95.9 Å². The molecule has 0 saturated carbocycles. The van der Waals surface area contributed by atoms with Crippen molar-refractivity contribution in [2.45, 2.75) is 31.7 Å². The van der Waals surface area contributed by atoms with Crippen LogP contribution in [-0.4, -0.2) is 39.2 Å². The van der Waals surface area contributed by atoms with E-state index in [9.17, 15) is 20.3 Å². The van der Waals surface area contributed by atoms with E-state index < -0.39 is 11.0 Å². The molecule has 0 bridgehead atoms. The van der Waals surface area contributed by atoms with Gasteiger partial charge in [-0.1, -0.05) is 97.1 Å². The predicted molar refractivity (Wildman–Crippen MR) is 147 cm³/mol. The average Bonchev–Trinajstić information content (AvgIpc) is 2.96. The largest absolute Gasteiger partial charge is 0.482 e. The molecule has 7 heteroatoms. The minimum Gasteiger partial charge on any atom is -0.482 e. The minimum absolute atomic E-state index is 0.0964. The Kier molecular flexibility index (Phi) is 9.59. The zero-order valence-electron chi connectivity index (χ0n) is 21.1. The zero-order valence-corrected chi connectivity index (χ0v) is 21.1. The number of hydrogen-bond acceptors (Lipinski definition) is 6. The maximum absolute atomic E-state index is 11.8. The monoisotopic (exact) mass is 512 g/mol. The summed E-state index contributed by atoms with van der Waals surface area (Å²) in [5, 5.41) is 33.3. The minimum atomic E-state index is -1.01. The van der Waals surface area contributed by atoms with Gasteiger partial charge in [-0.05, 0) is 34.7 Å². The summed E-state index contributed by atoms with van der Waals surface area (Å²) in [5.74, 6) is 0.147. The summed E-state index contributed by atoms with van der Waals surface area (Å²) in [4.78, 5) is 13.4. The second-order valence-corrected chi connectivity index (χ2v) is 9.22. The Labute approximate surface area is 222 Å². The molecule has 0 spiro atoms. The molecule has 4 aromatic carbocycles. The number of nitro benzene ring substituents is 1. The van der Waals surface area contributed by atoms with Gasteiger partial charge in [-0.25, -0.2) is 0 Å². The first-order chi connectivity index (χ1) is 18.5. The van der Waals surface area contributed by atoms with Crippen LogP contribution < -0.4 is 4.74 Å². The highest BCUT2D eigenvalue weighted by Crippen LogP contribution is 2.31. The zero-order chi connectivity index (χ0) is 26.7. The molecule has 4 aromatic rings. The molecule has 0 aromatic heterocycles. The summed E-state index contributed by atoms with van der Waals surface area (Å²) < 4.78 is 5.73.